The van der Waals surface area contributed by atoms with Crippen LogP contribution in [0.25, 0.3) is 0 Å². The van der Waals surface area contributed by atoms with E-state index < -0.39 is 5.97 Å². The number of carbonyl (C=O) groups is 2. The quantitative estimate of drug-likeness (QED) is 0.854. The highest BCUT2D eigenvalue weighted by Crippen LogP contribution is 2.24. The van der Waals surface area contributed by atoms with E-state index in [-0.39, 0.29) is 12.5 Å². The number of amides is 1. The number of rotatable bonds is 4. The Kier molecular flexibility index (Phi) is 3.17. The van der Waals surface area contributed by atoms with Gasteiger partial charge in [0.1, 0.15) is 12.2 Å². The summed E-state index contributed by atoms with van der Waals surface area (Å²) >= 11 is 0. The Hall–Kier alpha value is -1.78. The van der Waals surface area contributed by atoms with Gasteiger partial charge in [0.05, 0.1) is 0 Å². The van der Waals surface area contributed by atoms with E-state index in [0.29, 0.717) is 11.7 Å². The molecule has 1 saturated carbocycles. The Morgan fingerprint density at radius 1 is 1.53 bits per heavy atom. The van der Waals surface area contributed by atoms with Gasteiger partial charge in [0.15, 0.2) is 0 Å². The predicted octanol–water partition coefficient (Wildman–Crippen LogP) is 1.20. The van der Waals surface area contributed by atoms with Crippen LogP contribution in [0.1, 0.15) is 29.8 Å². The van der Waals surface area contributed by atoms with E-state index in [4.69, 9.17) is 5.11 Å². The fraction of sp³-hybridized carbons (Fsp3) is 0.500. The van der Waals surface area contributed by atoms with Crippen LogP contribution in [-0.2, 0) is 11.3 Å². The first-order chi connectivity index (χ1) is 8.09. The highest BCUT2D eigenvalue weighted by Gasteiger charge is 2.27. The zero-order valence-electron chi connectivity index (χ0n) is 9.80. The molecule has 1 aromatic rings. The van der Waals surface area contributed by atoms with E-state index in [1.165, 1.54) is 11.0 Å². The van der Waals surface area contributed by atoms with E-state index in [1.807, 2.05) is 0 Å². The van der Waals surface area contributed by atoms with Crippen molar-refractivity contribution in [2.45, 2.75) is 31.8 Å². The predicted molar refractivity (Wildman–Crippen MR) is 61.8 cm³/mol. The molecule has 1 heterocycles. The van der Waals surface area contributed by atoms with Gasteiger partial charge in [0.2, 0.25) is 0 Å². The maximum absolute atomic E-state index is 12.2. The fourth-order valence-corrected chi connectivity index (χ4v) is 2.01. The largest absolute Gasteiger partial charge is 0.480 e. The van der Waals surface area contributed by atoms with Crippen LogP contribution in [0.5, 0.6) is 0 Å². The van der Waals surface area contributed by atoms with E-state index in [9.17, 15) is 9.59 Å². The topological polar surface area (TPSA) is 62.5 Å². The number of hydrogen-bond donors (Lipinski definition) is 1. The van der Waals surface area contributed by atoms with Crippen molar-refractivity contribution in [2.24, 2.45) is 0 Å². The maximum Gasteiger partial charge on any atom is 0.323 e. The molecular weight excluding hydrogens is 220 g/mol. The average molecular weight is 236 g/mol. The fourth-order valence-electron chi connectivity index (χ4n) is 2.01. The number of carbonyl (C=O) groups excluding carboxylic acids is 1. The molecule has 0 aromatic carbocycles. The molecule has 2 rings (SSSR count). The molecule has 1 N–H and O–H groups in total. The summed E-state index contributed by atoms with van der Waals surface area (Å²) in [6, 6.07) is 3.68. The van der Waals surface area contributed by atoms with Gasteiger partial charge in [-0.15, -0.1) is 0 Å². The van der Waals surface area contributed by atoms with Gasteiger partial charge in [0, 0.05) is 19.3 Å². The molecule has 0 unspecified atom stereocenters. The van der Waals surface area contributed by atoms with Gasteiger partial charge in [0.25, 0.3) is 5.91 Å². The smallest absolute Gasteiger partial charge is 0.323 e. The summed E-state index contributed by atoms with van der Waals surface area (Å²) in [4.78, 5) is 24.5. The zero-order valence-corrected chi connectivity index (χ0v) is 9.80. The summed E-state index contributed by atoms with van der Waals surface area (Å²) in [5, 5.41) is 8.75. The molecule has 1 fully saturated rings. The lowest BCUT2D eigenvalue weighted by Gasteiger charge is -2.34. The van der Waals surface area contributed by atoms with E-state index >= 15 is 0 Å². The van der Waals surface area contributed by atoms with Gasteiger partial charge in [-0.25, -0.2) is 0 Å². The van der Waals surface area contributed by atoms with Crippen molar-refractivity contribution in [3.8, 4) is 0 Å². The maximum atomic E-state index is 12.2. The molecule has 0 radical (unpaired) electrons. The second-order valence-corrected chi connectivity index (χ2v) is 4.42. The Labute approximate surface area is 99.6 Å². The molecule has 1 aliphatic carbocycles. The summed E-state index contributed by atoms with van der Waals surface area (Å²) in [7, 11) is 1.78. The van der Waals surface area contributed by atoms with E-state index in [2.05, 4.69) is 0 Å². The lowest BCUT2D eigenvalue weighted by Crippen LogP contribution is -2.42. The minimum absolute atomic E-state index is 0.0963. The second kappa shape index (κ2) is 4.61. The van der Waals surface area contributed by atoms with Crippen LogP contribution >= 0.6 is 0 Å². The summed E-state index contributed by atoms with van der Waals surface area (Å²) < 4.78 is 1.47. The molecule has 1 aromatic heterocycles. The lowest BCUT2D eigenvalue weighted by atomic mass is 9.92. The van der Waals surface area contributed by atoms with Crippen molar-refractivity contribution in [3.05, 3.63) is 24.0 Å². The number of carboxylic acid groups (broad SMARTS) is 1. The minimum atomic E-state index is -0.943. The molecule has 0 aliphatic heterocycles. The number of aliphatic carboxylic acids is 1. The van der Waals surface area contributed by atoms with Gasteiger partial charge in [-0.05, 0) is 31.4 Å². The van der Waals surface area contributed by atoms with Crippen LogP contribution in [0.2, 0.25) is 0 Å². The Bertz CT molecular complexity index is 435. The van der Waals surface area contributed by atoms with Gasteiger partial charge in [-0.1, -0.05) is 0 Å². The van der Waals surface area contributed by atoms with Crippen molar-refractivity contribution in [3.63, 3.8) is 0 Å². The summed E-state index contributed by atoms with van der Waals surface area (Å²) in [5.74, 6) is -1.04. The highest BCUT2D eigenvalue weighted by molar-refractivity contribution is 5.93. The first kappa shape index (κ1) is 11.7. The Balaban J connectivity index is 2.12. The van der Waals surface area contributed by atoms with Crippen LogP contribution < -0.4 is 0 Å². The molecule has 0 saturated heterocycles. The SMILES string of the molecule is CN(C(=O)c1cccn1CC(=O)O)C1CCC1. The lowest BCUT2D eigenvalue weighted by molar-refractivity contribution is -0.137. The molecule has 1 aliphatic rings. The molecule has 5 nitrogen and oxygen atoms in total. The molecule has 92 valence electrons. The molecule has 1 amide bonds. The number of carboxylic acids is 1. The van der Waals surface area contributed by atoms with Crippen LogP contribution in [0.15, 0.2) is 18.3 Å². The Morgan fingerprint density at radius 3 is 2.76 bits per heavy atom. The van der Waals surface area contributed by atoms with Gasteiger partial charge in [-0.3, -0.25) is 9.59 Å². The van der Waals surface area contributed by atoms with Crippen molar-refractivity contribution in [1.29, 1.82) is 0 Å². The van der Waals surface area contributed by atoms with Crippen LogP contribution in [0.4, 0.5) is 0 Å². The molecular formula is C12H16N2O3. The number of nitrogens with zero attached hydrogens (tertiary/aromatic N) is 2. The normalized spacial score (nSPS) is 15.4. The molecule has 0 spiro atoms. The molecule has 0 bridgehead atoms. The third-order valence-electron chi connectivity index (χ3n) is 3.30. The standard InChI is InChI=1S/C12H16N2O3/c1-13(9-4-2-5-9)12(17)10-6-3-7-14(10)8-11(15)16/h3,6-7,9H,2,4-5,8H2,1H3,(H,15,16). The summed E-state index contributed by atoms with van der Waals surface area (Å²) in [6.07, 6.45) is 4.87. The summed E-state index contributed by atoms with van der Waals surface area (Å²) in [5.41, 5.74) is 0.446. The second-order valence-electron chi connectivity index (χ2n) is 4.42. The average Bonchev–Trinajstić information content (AvgIpc) is 2.60. The third kappa shape index (κ3) is 2.33. The number of aromatic nitrogens is 1. The van der Waals surface area contributed by atoms with Crippen molar-refractivity contribution in [2.75, 3.05) is 7.05 Å². The van der Waals surface area contributed by atoms with Crippen LogP contribution in [-0.4, -0.2) is 39.5 Å². The molecule has 5 heteroatoms. The zero-order chi connectivity index (χ0) is 12.4. The first-order valence-electron chi connectivity index (χ1n) is 5.73. The van der Waals surface area contributed by atoms with Gasteiger partial charge >= 0.3 is 5.97 Å². The monoisotopic (exact) mass is 236 g/mol. The van der Waals surface area contributed by atoms with Crippen LogP contribution in [0, 0.1) is 0 Å². The third-order valence-corrected chi connectivity index (χ3v) is 3.30. The molecule has 17 heavy (non-hydrogen) atoms. The Morgan fingerprint density at radius 2 is 2.24 bits per heavy atom. The van der Waals surface area contributed by atoms with Crippen molar-refractivity contribution >= 4 is 11.9 Å². The minimum Gasteiger partial charge on any atom is -0.480 e. The first-order valence-corrected chi connectivity index (χ1v) is 5.73. The molecule has 0 atom stereocenters. The van der Waals surface area contributed by atoms with Gasteiger partial charge in [-0.2, -0.15) is 0 Å². The van der Waals surface area contributed by atoms with E-state index in [1.54, 1.807) is 30.3 Å². The van der Waals surface area contributed by atoms with Crippen molar-refractivity contribution in [1.82, 2.24) is 9.47 Å². The van der Waals surface area contributed by atoms with Crippen molar-refractivity contribution < 1.29 is 14.7 Å². The number of hydrogen-bond acceptors (Lipinski definition) is 2. The van der Waals surface area contributed by atoms with Crippen LogP contribution in [0.3, 0.4) is 0 Å². The summed E-state index contributed by atoms with van der Waals surface area (Å²) in [6.45, 7) is -0.174. The van der Waals surface area contributed by atoms with Gasteiger partial charge < -0.3 is 14.6 Å². The van der Waals surface area contributed by atoms with E-state index in [0.717, 1.165) is 12.8 Å². The highest BCUT2D eigenvalue weighted by atomic mass is 16.4.